The Balaban J connectivity index is 2.06. The average molecular weight is 285 g/mol. The number of hydrogen-bond acceptors (Lipinski definition) is 4. The number of pyridine rings is 1. The van der Waals surface area contributed by atoms with Gasteiger partial charge in [0.05, 0.1) is 0 Å². The smallest absolute Gasteiger partial charge is 0.245 e. The standard InChI is InChI=1S/C16H19N3O2/c1-15(2)16(20,13-8-4-3-5-9-13)19(21)14(18-15)12-7-6-10-17-11-12/h3-11,14,18-20H,1-2H3/t14?,16-/m1/s1. The zero-order valence-corrected chi connectivity index (χ0v) is 12.1. The van der Waals surface area contributed by atoms with Gasteiger partial charge in [0.2, 0.25) is 5.72 Å². The molecule has 1 aliphatic rings. The Labute approximate surface area is 123 Å². The van der Waals surface area contributed by atoms with Gasteiger partial charge in [-0.05, 0) is 38.1 Å². The predicted molar refractivity (Wildman–Crippen MR) is 78.9 cm³/mol. The number of hydrogen-bond donors (Lipinski definition) is 3. The van der Waals surface area contributed by atoms with Crippen LogP contribution in [0.5, 0.6) is 0 Å². The van der Waals surface area contributed by atoms with Crippen LogP contribution < -0.4 is 10.4 Å². The number of nitrogens with zero attached hydrogens (tertiary/aromatic N) is 1. The number of aliphatic hydroxyl groups is 1. The van der Waals surface area contributed by atoms with Crippen molar-refractivity contribution in [1.82, 2.24) is 10.3 Å². The molecule has 0 spiro atoms. The lowest BCUT2D eigenvalue weighted by Gasteiger charge is -2.40. The second-order valence-electron chi connectivity index (χ2n) is 5.93. The Hall–Kier alpha value is -1.79. The molecule has 21 heavy (non-hydrogen) atoms. The van der Waals surface area contributed by atoms with Gasteiger partial charge in [0.25, 0.3) is 0 Å². The largest absolute Gasteiger partial charge is 0.630 e. The summed E-state index contributed by atoms with van der Waals surface area (Å²) in [6.45, 7) is 3.68. The first kappa shape index (κ1) is 14.2. The van der Waals surface area contributed by atoms with Crippen LogP contribution in [0.4, 0.5) is 0 Å². The maximum Gasteiger partial charge on any atom is 0.245 e. The fourth-order valence-electron chi connectivity index (χ4n) is 3.01. The fraction of sp³-hybridized carbons (Fsp3) is 0.312. The molecule has 1 aromatic carbocycles. The quantitative estimate of drug-likeness (QED) is 0.710. The Bertz CT molecular complexity index is 618. The highest BCUT2D eigenvalue weighted by atomic mass is 16.6. The summed E-state index contributed by atoms with van der Waals surface area (Å²) in [4.78, 5) is 4.06. The minimum atomic E-state index is -1.56. The molecule has 3 atom stereocenters. The Kier molecular flexibility index (Phi) is 3.30. The van der Waals surface area contributed by atoms with Crippen molar-refractivity contribution >= 4 is 0 Å². The van der Waals surface area contributed by atoms with Crippen molar-refractivity contribution in [3.63, 3.8) is 0 Å². The van der Waals surface area contributed by atoms with E-state index < -0.39 is 17.4 Å². The molecule has 110 valence electrons. The van der Waals surface area contributed by atoms with Crippen LogP contribution in [0, 0.1) is 5.21 Å². The van der Waals surface area contributed by atoms with Crippen molar-refractivity contribution < 1.29 is 10.2 Å². The van der Waals surface area contributed by atoms with Gasteiger partial charge < -0.3 is 15.4 Å². The molecule has 3 rings (SSSR count). The van der Waals surface area contributed by atoms with E-state index in [9.17, 15) is 10.3 Å². The lowest BCUT2D eigenvalue weighted by Crippen LogP contribution is -3.14. The van der Waals surface area contributed by atoms with Crippen LogP contribution in [0.1, 0.15) is 31.1 Å². The minimum Gasteiger partial charge on any atom is -0.630 e. The summed E-state index contributed by atoms with van der Waals surface area (Å²) in [5, 5.41) is 27.1. The molecule has 1 saturated heterocycles. The SMILES string of the molecule is CC1(C)NC(c2cccnc2)[NH+]([O-])[C@@]1(O)c1ccccc1. The summed E-state index contributed by atoms with van der Waals surface area (Å²) in [7, 11) is 0. The summed E-state index contributed by atoms with van der Waals surface area (Å²) < 4.78 is 0. The number of hydroxylamine groups is 2. The maximum atomic E-state index is 12.9. The third-order valence-electron chi connectivity index (χ3n) is 4.24. The Morgan fingerprint density at radius 3 is 2.52 bits per heavy atom. The van der Waals surface area contributed by atoms with Crippen molar-refractivity contribution in [2.24, 2.45) is 0 Å². The van der Waals surface area contributed by atoms with E-state index >= 15 is 0 Å². The van der Waals surface area contributed by atoms with Gasteiger partial charge in [-0.25, -0.2) is 5.32 Å². The molecule has 0 amide bonds. The van der Waals surface area contributed by atoms with Gasteiger partial charge in [-0.3, -0.25) is 4.98 Å². The Morgan fingerprint density at radius 1 is 1.19 bits per heavy atom. The van der Waals surface area contributed by atoms with E-state index in [1.54, 1.807) is 30.6 Å². The first-order valence-electron chi connectivity index (χ1n) is 6.96. The molecule has 0 aliphatic carbocycles. The zero-order valence-electron chi connectivity index (χ0n) is 12.1. The van der Waals surface area contributed by atoms with Crippen LogP contribution in [0.2, 0.25) is 0 Å². The van der Waals surface area contributed by atoms with Crippen LogP contribution in [-0.4, -0.2) is 15.6 Å². The van der Waals surface area contributed by atoms with Gasteiger partial charge in [0, 0.05) is 23.5 Å². The molecule has 2 unspecified atom stereocenters. The highest BCUT2D eigenvalue weighted by Crippen LogP contribution is 2.34. The summed E-state index contributed by atoms with van der Waals surface area (Å²) in [5.74, 6) is 0. The summed E-state index contributed by atoms with van der Waals surface area (Å²) in [6, 6.07) is 12.7. The van der Waals surface area contributed by atoms with Crippen LogP contribution in [0.3, 0.4) is 0 Å². The van der Waals surface area contributed by atoms with Gasteiger partial charge in [-0.2, -0.15) is 0 Å². The van der Waals surface area contributed by atoms with Gasteiger partial charge >= 0.3 is 0 Å². The van der Waals surface area contributed by atoms with Crippen LogP contribution in [-0.2, 0) is 5.72 Å². The Morgan fingerprint density at radius 2 is 1.90 bits per heavy atom. The second kappa shape index (κ2) is 4.89. The molecule has 0 radical (unpaired) electrons. The molecule has 0 saturated carbocycles. The minimum absolute atomic E-state index is 0.244. The normalized spacial score (nSPS) is 31.2. The van der Waals surface area contributed by atoms with Gasteiger partial charge in [-0.15, -0.1) is 0 Å². The zero-order chi connectivity index (χ0) is 15.1. The summed E-state index contributed by atoms with van der Waals surface area (Å²) in [6.07, 6.45) is 2.76. The molecular weight excluding hydrogens is 266 g/mol. The number of aromatic nitrogens is 1. The van der Waals surface area contributed by atoms with E-state index in [2.05, 4.69) is 10.3 Å². The van der Waals surface area contributed by atoms with E-state index in [0.717, 1.165) is 5.56 Å². The van der Waals surface area contributed by atoms with Crippen molar-refractivity contribution in [3.8, 4) is 0 Å². The number of benzene rings is 1. The molecule has 5 heteroatoms. The molecule has 1 aliphatic heterocycles. The van der Waals surface area contributed by atoms with Gasteiger partial charge in [0.1, 0.15) is 5.54 Å². The molecule has 2 heterocycles. The summed E-state index contributed by atoms with van der Waals surface area (Å²) >= 11 is 0. The highest BCUT2D eigenvalue weighted by molar-refractivity contribution is 5.26. The average Bonchev–Trinajstić information content (AvgIpc) is 2.70. The van der Waals surface area contributed by atoms with E-state index in [4.69, 9.17) is 0 Å². The van der Waals surface area contributed by atoms with E-state index in [1.807, 2.05) is 38.1 Å². The molecule has 0 bridgehead atoms. The second-order valence-corrected chi connectivity index (χ2v) is 5.93. The van der Waals surface area contributed by atoms with Crippen molar-refractivity contribution in [1.29, 1.82) is 0 Å². The highest BCUT2D eigenvalue weighted by Gasteiger charge is 2.60. The maximum absolute atomic E-state index is 12.9. The summed E-state index contributed by atoms with van der Waals surface area (Å²) in [5.41, 5.74) is -0.956. The molecule has 5 nitrogen and oxygen atoms in total. The van der Waals surface area contributed by atoms with Gasteiger partial charge in [0.15, 0.2) is 6.17 Å². The van der Waals surface area contributed by atoms with Crippen molar-refractivity contribution in [2.45, 2.75) is 31.3 Å². The first-order valence-corrected chi connectivity index (χ1v) is 6.96. The topological polar surface area (TPSA) is 72.7 Å². The number of rotatable bonds is 2. The number of quaternary nitrogens is 1. The predicted octanol–water partition coefficient (Wildman–Crippen LogP) is 0.690. The van der Waals surface area contributed by atoms with Crippen LogP contribution in [0.25, 0.3) is 0 Å². The monoisotopic (exact) mass is 285 g/mol. The third kappa shape index (κ3) is 2.06. The van der Waals surface area contributed by atoms with Gasteiger partial charge in [-0.1, -0.05) is 18.2 Å². The molecule has 1 aromatic heterocycles. The molecule has 2 aromatic rings. The van der Waals surface area contributed by atoms with Crippen LogP contribution >= 0.6 is 0 Å². The fourth-order valence-corrected chi connectivity index (χ4v) is 3.01. The lowest BCUT2D eigenvalue weighted by molar-refractivity contribution is -0.959. The van der Waals surface area contributed by atoms with E-state index in [-0.39, 0.29) is 5.06 Å². The lowest BCUT2D eigenvalue weighted by atomic mass is 9.86. The first-order chi connectivity index (χ1) is 9.97. The molecule has 1 fully saturated rings. The number of nitrogens with one attached hydrogen (secondary N) is 2. The van der Waals surface area contributed by atoms with E-state index in [1.165, 1.54) is 0 Å². The van der Waals surface area contributed by atoms with Crippen molar-refractivity contribution in [3.05, 3.63) is 71.2 Å². The molecule has 3 N–H and O–H groups in total. The third-order valence-corrected chi connectivity index (χ3v) is 4.24. The molecular formula is C16H19N3O2. The van der Waals surface area contributed by atoms with Crippen molar-refractivity contribution in [2.75, 3.05) is 0 Å². The van der Waals surface area contributed by atoms with E-state index in [0.29, 0.717) is 5.56 Å². The van der Waals surface area contributed by atoms with Crippen LogP contribution in [0.15, 0.2) is 54.9 Å².